The van der Waals surface area contributed by atoms with Gasteiger partial charge in [-0.1, -0.05) is 29.3 Å². The minimum Gasteiger partial charge on any atom is -0.290 e. The summed E-state index contributed by atoms with van der Waals surface area (Å²) >= 11 is 12.2. The van der Waals surface area contributed by atoms with E-state index in [-0.39, 0.29) is 18.1 Å². The average Bonchev–Trinajstić information content (AvgIpc) is 3.13. The van der Waals surface area contributed by atoms with Crippen LogP contribution in [0, 0.1) is 0 Å². The molecule has 23 heavy (non-hydrogen) atoms. The lowest BCUT2D eigenvalue weighted by Gasteiger charge is -2.29. The molecule has 1 aromatic heterocycles. The summed E-state index contributed by atoms with van der Waals surface area (Å²) in [7, 11) is 0. The number of fused-ring (bicyclic) bond motifs is 1. The summed E-state index contributed by atoms with van der Waals surface area (Å²) in [4.78, 5) is 21.2. The lowest BCUT2D eigenvalue weighted by molar-refractivity contribution is -0.119. The fraction of sp³-hybridized carbons (Fsp3) is 0.294. The molecule has 0 aliphatic carbocycles. The monoisotopic (exact) mass is 347 g/mol. The molecule has 0 N–H and O–H groups in total. The van der Waals surface area contributed by atoms with E-state index in [4.69, 9.17) is 23.2 Å². The third-order valence-corrected chi connectivity index (χ3v) is 5.28. The highest BCUT2D eigenvalue weighted by Crippen LogP contribution is 2.43. The molecule has 2 fully saturated rings. The zero-order valence-electron chi connectivity index (χ0n) is 12.3. The Morgan fingerprint density at radius 3 is 2.78 bits per heavy atom. The van der Waals surface area contributed by atoms with Gasteiger partial charge in [-0.15, -0.1) is 0 Å². The van der Waals surface area contributed by atoms with Crippen molar-refractivity contribution in [3.63, 3.8) is 0 Å². The number of pyridine rings is 1. The SMILES string of the molecule is O=C1[C@@H]2CCCN2[C@@H](c2cccnc2)N1c1ccc(Cl)c(Cl)c1. The lowest BCUT2D eigenvalue weighted by atomic mass is 10.1. The van der Waals surface area contributed by atoms with Gasteiger partial charge in [0, 0.05) is 30.2 Å². The molecule has 0 unspecified atom stereocenters. The molecule has 1 aromatic carbocycles. The second-order valence-corrected chi connectivity index (χ2v) is 6.68. The van der Waals surface area contributed by atoms with Crippen LogP contribution >= 0.6 is 23.2 Å². The van der Waals surface area contributed by atoms with Crippen molar-refractivity contribution in [1.29, 1.82) is 0 Å². The van der Waals surface area contributed by atoms with Crippen LogP contribution in [0.15, 0.2) is 42.7 Å². The topological polar surface area (TPSA) is 36.4 Å². The van der Waals surface area contributed by atoms with Gasteiger partial charge >= 0.3 is 0 Å². The molecular weight excluding hydrogens is 333 g/mol. The Morgan fingerprint density at radius 2 is 2.04 bits per heavy atom. The molecule has 0 bridgehead atoms. The van der Waals surface area contributed by atoms with Crippen molar-refractivity contribution < 1.29 is 4.79 Å². The maximum atomic E-state index is 13.0. The number of amides is 1. The van der Waals surface area contributed by atoms with Gasteiger partial charge in [-0.05, 0) is 37.1 Å². The first-order valence-electron chi connectivity index (χ1n) is 7.60. The van der Waals surface area contributed by atoms with Gasteiger partial charge in [0.25, 0.3) is 0 Å². The maximum absolute atomic E-state index is 13.0. The Kier molecular flexibility index (Phi) is 3.76. The van der Waals surface area contributed by atoms with E-state index in [1.165, 1.54) is 0 Å². The largest absolute Gasteiger partial charge is 0.290 e. The Balaban J connectivity index is 1.82. The second kappa shape index (κ2) is 5.78. The Morgan fingerprint density at radius 1 is 1.17 bits per heavy atom. The molecule has 2 atom stereocenters. The minimum absolute atomic E-state index is 0.0605. The number of hydrogen-bond acceptors (Lipinski definition) is 3. The summed E-state index contributed by atoms with van der Waals surface area (Å²) in [5.41, 5.74) is 1.78. The van der Waals surface area contributed by atoms with Crippen LogP contribution in [0.5, 0.6) is 0 Å². The molecule has 118 valence electrons. The van der Waals surface area contributed by atoms with Gasteiger partial charge in [0.05, 0.1) is 16.1 Å². The lowest BCUT2D eigenvalue weighted by Crippen LogP contribution is -2.32. The molecule has 2 aliphatic heterocycles. The summed E-state index contributed by atoms with van der Waals surface area (Å²) in [6.07, 6.45) is 5.37. The number of benzene rings is 1. The molecule has 0 spiro atoms. The van der Waals surface area contributed by atoms with Crippen LogP contribution in [-0.4, -0.2) is 28.4 Å². The van der Waals surface area contributed by atoms with Gasteiger partial charge in [0.2, 0.25) is 5.91 Å². The fourth-order valence-corrected chi connectivity index (χ4v) is 3.84. The molecule has 2 aromatic rings. The van der Waals surface area contributed by atoms with Crippen molar-refractivity contribution in [2.24, 2.45) is 0 Å². The van der Waals surface area contributed by atoms with E-state index in [9.17, 15) is 4.79 Å². The van der Waals surface area contributed by atoms with Gasteiger partial charge < -0.3 is 0 Å². The van der Waals surface area contributed by atoms with Gasteiger partial charge in [-0.25, -0.2) is 0 Å². The van der Waals surface area contributed by atoms with Crippen molar-refractivity contribution in [2.75, 3.05) is 11.4 Å². The molecule has 4 rings (SSSR count). The summed E-state index contributed by atoms with van der Waals surface area (Å²) < 4.78 is 0. The predicted octanol–water partition coefficient (Wildman–Crippen LogP) is 3.90. The Bertz CT molecular complexity index is 753. The van der Waals surface area contributed by atoms with Crippen molar-refractivity contribution in [3.8, 4) is 0 Å². The van der Waals surface area contributed by atoms with E-state index < -0.39 is 0 Å². The summed E-state index contributed by atoms with van der Waals surface area (Å²) in [6.45, 7) is 0.911. The highest BCUT2D eigenvalue weighted by Gasteiger charge is 2.49. The number of anilines is 1. The van der Waals surface area contributed by atoms with Gasteiger partial charge in [0.1, 0.15) is 6.17 Å². The van der Waals surface area contributed by atoms with Crippen LogP contribution in [0.4, 0.5) is 5.69 Å². The second-order valence-electron chi connectivity index (χ2n) is 5.86. The molecule has 3 heterocycles. The van der Waals surface area contributed by atoms with Crippen LogP contribution in [0.2, 0.25) is 10.0 Å². The molecule has 2 aliphatic rings. The number of aromatic nitrogens is 1. The number of carbonyl (C=O) groups is 1. The zero-order valence-corrected chi connectivity index (χ0v) is 13.8. The molecule has 4 nitrogen and oxygen atoms in total. The maximum Gasteiger partial charge on any atom is 0.246 e. The molecule has 0 radical (unpaired) electrons. The van der Waals surface area contributed by atoms with Crippen molar-refractivity contribution in [3.05, 3.63) is 58.3 Å². The average molecular weight is 348 g/mol. The quantitative estimate of drug-likeness (QED) is 0.826. The number of nitrogens with zero attached hydrogens (tertiary/aromatic N) is 3. The third kappa shape index (κ3) is 2.42. The standard InChI is InChI=1S/C17H15Cl2N3O/c18-13-6-5-12(9-14(13)19)22-16(11-3-1-7-20-10-11)21-8-2-4-15(21)17(22)23/h1,3,5-7,9-10,15-16H,2,4,8H2/t15-,16+/m0/s1. The molecule has 0 saturated carbocycles. The van der Waals surface area contributed by atoms with Crippen molar-refractivity contribution in [2.45, 2.75) is 25.0 Å². The predicted molar refractivity (Wildman–Crippen MR) is 90.7 cm³/mol. The first-order valence-corrected chi connectivity index (χ1v) is 8.36. The normalized spacial score (nSPS) is 24.3. The van der Waals surface area contributed by atoms with Crippen LogP contribution in [0.3, 0.4) is 0 Å². The molecule has 6 heteroatoms. The van der Waals surface area contributed by atoms with E-state index >= 15 is 0 Å². The van der Waals surface area contributed by atoms with Gasteiger partial charge in [0.15, 0.2) is 0 Å². The number of rotatable bonds is 2. The van der Waals surface area contributed by atoms with Crippen LogP contribution in [0.1, 0.15) is 24.6 Å². The van der Waals surface area contributed by atoms with E-state index in [1.807, 2.05) is 29.3 Å². The number of halogens is 2. The Hall–Kier alpha value is -1.62. The fourth-order valence-electron chi connectivity index (χ4n) is 3.55. The van der Waals surface area contributed by atoms with Crippen molar-refractivity contribution in [1.82, 2.24) is 9.88 Å². The van der Waals surface area contributed by atoms with E-state index in [2.05, 4.69) is 9.88 Å². The van der Waals surface area contributed by atoms with E-state index in [1.54, 1.807) is 18.3 Å². The van der Waals surface area contributed by atoms with Crippen molar-refractivity contribution >= 4 is 34.8 Å². The molecule has 2 saturated heterocycles. The highest BCUT2D eigenvalue weighted by molar-refractivity contribution is 6.42. The van der Waals surface area contributed by atoms with Crippen LogP contribution in [0.25, 0.3) is 0 Å². The Labute approximate surface area is 144 Å². The first-order chi connectivity index (χ1) is 11.2. The minimum atomic E-state index is -0.138. The first kappa shape index (κ1) is 14.9. The van der Waals surface area contributed by atoms with Gasteiger partial charge in [-0.2, -0.15) is 0 Å². The zero-order chi connectivity index (χ0) is 16.0. The summed E-state index contributed by atoms with van der Waals surface area (Å²) in [5.74, 6) is 0.120. The van der Waals surface area contributed by atoms with E-state index in [0.29, 0.717) is 10.0 Å². The molecular formula is C17H15Cl2N3O. The van der Waals surface area contributed by atoms with Crippen LogP contribution in [-0.2, 0) is 4.79 Å². The van der Waals surface area contributed by atoms with E-state index in [0.717, 1.165) is 30.6 Å². The third-order valence-electron chi connectivity index (χ3n) is 4.54. The summed E-state index contributed by atoms with van der Waals surface area (Å²) in [6, 6.07) is 9.18. The highest BCUT2D eigenvalue weighted by atomic mass is 35.5. The number of carbonyl (C=O) groups excluding carboxylic acids is 1. The van der Waals surface area contributed by atoms with Gasteiger partial charge in [-0.3, -0.25) is 19.6 Å². The smallest absolute Gasteiger partial charge is 0.246 e. The number of hydrogen-bond donors (Lipinski definition) is 0. The van der Waals surface area contributed by atoms with Crippen LogP contribution < -0.4 is 4.90 Å². The summed E-state index contributed by atoms with van der Waals surface area (Å²) in [5, 5.41) is 0.939. The molecule has 1 amide bonds.